The van der Waals surface area contributed by atoms with Gasteiger partial charge in [0.25, 0.3) is 0 Å². The second-order valence-corrected chi connectivity index (χ2v) is 6.38. The molecule has 0 aliphatic carbocycles. The zero-order valence-electron chi connectivity index (χ0n) is 12.2. The first-order valence-electron chi connectivity index (χ1n) is 6.45. The van der Waals surface area contributed by atoms with Crippen molar-refractivity contribution in [2.24, 2.45) is 0 Å². The Morgan fingerprint density at radius 2 is 1.81 bits per heavy atom. The van der Waals surface area contributed by atoms with E-state index in [1.165, 1.54) is 0 Å². The summed E-state index contributed by atoms with van der Waals surface area (Å²) in [7, 11) is 3.34. The van der Waals surface area contributed by atoms with E-state index in [0.717, 1.165) is 37.3 Å². The lowest BCUT2D eigenvalue weighted by molar-refractivity contribution is 0.414. The van der Waals surface area contributed by atoms with Crippen LogP contribution in [0.4, 0.5) is 5.69 Å². The number of nitrogens with one attached hydrogen (secondary N) is 1. The van der Waals surface area contributed by atoms with Crippen LogP contribution in [0.1, 0.15) is 11.1 Å². The molecule has 0 atom stereocenters. The SMILES string of the molecule is COc1ccc(Br)c(CNc2c(C)cc(Br)cc2OC)c1. The van der Waals surface area contributed by atoms with Gasteiger partial charge in [0, 0.05) is 15.5 Å². The minimum absolute atomic E-state index is 0.677. The summed E-state index contributed by atoms with van der Waals surface area (Å²) >= 11 is 7.05. The number of rotatable bonds is 5. The second kappa shape index (κ2) is 7.18. The van der Waals surface area contributed by atoms with Crippen molar-refractivity contribution in [3.05, 3.63) is 50.4 Å². The summed E-state index contributed by atoms with van der Waals surface area (Å²) in [6.07, 6.45) is 0. The smallest absolute Gasteiger partial charge is 0.143 e. The molecule has 2 rings (SSSR count). The second-order valence-electron chi connectivity index (χ2n) is 4.61. The van der Waals surface area contributed by atoms with Crippen molar-refractivity contribution >= 4 is 37.5 Å². The molecule has 0 saturated carbocycles. The van der Waals surface area contributed by atoms with Crippen molar-refractivity contribution in [3.63, 3.8) is 0 Å². The van der Waals surface area contributed by atoms with Crippen LogP contribution in [0.25, 0.3) is 0 Å². The number of anilines is 1. The van der Waals surface area contributed by atoms with Gasteiger partial charge >= 0.3 is 0 Å². The summed E-state index contributed by atoms with van der Waals surface area (Å²) in [4.78, 5) is 0. The molecule has 0 aliphatic rings. The van der Waals surface area contributed by atoms with Crippen molar-refractivity contribution in [1.82, 2.24) is 0 Å². The Morgan fingerprint density at radius 1 is 1.05 bits per heavy atom. The Morgan fingerprint density at radius 3 is 2.48 bits per heavy atom. The third-order valence-corrected chi connectivity index (χ3v) is 4.42. The lowest BCUT2D eigenvalue weighted by Crippen LogP contribution is -2.04. The van der Waals surface area contributed by atoms with Crippen LogP contribution in [0.15, 0.2) is 39.3 Å². The van der Waals surface area contributed by atoms with Gasteiger partial charge in [-0.25, -0.2) is 0 Å². The molecule has 0 fully saturated rings. The first-order valence-corrected chi connectivity index (χ1v) is 8.04. The molecule has 0 bridgehead atoms. The number of methoxy groups -OCH3 is 2. The number of aryl methyl sites for hydroxylation is 1. The molecule has 3 nitrogen and oxygen atoms in total. The van der Waals surface area contributed by atoms with Crippen LogP contribution in [-0.2, 0) is 6.54 Å². The van der Waals surface area contributed by atoms with E-state index >= 15 is 0 Å². The molecule has 5 heteroatoms. The highest BCUT2D eigenvalue weighted by Crippen LogP contribution is 2.33. The Labute approximate surface area is 141 Å². The molecule has 112 valence electrons. The summed E-state index contributed by atoms with van der Waals surface area (Å²) < 4.78 is 12.8. The largest absolute Gasteiger partial charge is 0.497 e. The predicted octanol–water partition coefficient (Wildman–Crippen LogP) is 5.15. The maximum atomic E-state index is 5.44. The molecule has 0 spiro atoms. The minimum Gasteiger partial charge on any atom is -0.497 e. The third kappa shape index (κ3) is 3.92. The zero-order valence-corrected chi connectivity index (χ0v) is 15.3. The highest BCUT2D eigenvalue weighted by molar-refractivity contribution is 9.10. The summed E-state index contributed by atoms with van der Waals surface area (Å²) in [5, 5.41) is 3.44. The van der Waals surface area contributed by atoms with E-state index < -0.39 is 0 Å². The first-order chi connectivity index (χ1) is 10.0. The minimum atomic E-state index is 0.677. The molecule has 2 aromatic rings. The predicted molar refractivity (Wildman–Crippen MR) is 93.5 cm³/mol. The molecule has 1 N–H and O–H groups in total. The van der Waals surface area contributed by atoms with Gasteiger partial charge in [-0.3, -0.25) is 0 Å². The average Bonchev–Trinajstić information content (AvgIpc) is 2.47. The van der Waals surface area contributed by atoms with E-state index in [1.807, 2.05) is 24.3 Å². The van der Waals surface area contributed by atoms with Crippen molar-refractivity contribution in [3.8, 4) is 11.5 Å². The lowest BCUT2D eigenvalue weighted by Gasteiger charge is -2.15. The number of benzene rings is 2. The van der Waals surface area contributed by atoms with E-state index in [-0.39, 0.29) is 0 Å². The quantitative estimate of drug-likeness (QED) is 0.733. The highest BCUT2D eigenvalue weighted by atomic mass is 79.9. The first kappa shape index (κ1) is 16.2. The van der Waals surface area contributed by atoms with Crippen LogP contribution in [-0.4, -0.2) is 14.2 Å². The lowest BCUT2D eigenvalue weighted by atomic mass is 10.1. The number of halogens is 2. The van der Waals surface area contributed by atoms with Gasteiger partial charge < -0.3 is 14.8 Å². The average molecular weight is 415 g/mol. The molecule has 0 heterocycles. The Kier molecular flexibility index (Phi) is 5.53. The number of hydrogen-bond donors (Lipinski definition) is 1. The van der Waals surface area contributed by atoms with Gasteiger partial charge in [-0.2, -0.15) is 0 Å². The van der Waals surface area contributed by atoms with E-state index in [2.05, 4.69) is 50.2 Å². The van der Waals surface area contributed by atoms with Crippen LogP contribution >= 0.6 is 31.9 Å². The third-order valence-electron chi connectivity index (χ3n) is 3.19. The van der Waals surface area contributed by atoms with E-state index in [0.29, 0.717) is 6.54 Å². The highest BCUT2D eigenvalue weighted by Gasteiger charge is 2.09. The topological polar surface area (TPSA) is 30.5 Å². The molecule has 21 heavy (non-hydrogen) atoms. The van der Waals surface area contributed by atoms with Crippen LogP contribution < -0.4 is 14.8 Å². The van der Waals surface area contributed by atoms with Gasteiger partial charge in [0.1, 0.15) is 11.5 Å². The Hall–Kier alpha value is -1.20. The number of ether oxygens (including phenoxy) is 2. The Balaban J connectivity index is 2.24. The normalized spacial score (nSPS) is 10.3. The van der Waals surface area contributed by atoms with Crippen LogP contribution in [0.2, 0.25) is 0 Å². The maximum Gasteiger partial charge on any atom is 0.143 e. The van der Waals surface area contributed by atoms with Crippen molar-refractivity contribution in [1.29, 1.82) is 0 Å². The van der Waals surface area contributed by atoms with Gasteiger partial charge in [-0.05, 0) is 48.4 Å². The molecule has 2 aromatic carbocycles. The molecular weight excluding hydrogens is 398 g/mol. The van der Waals surface area contributed by atoms with Gasteiger partial charge in [0.05, 0.1) is 19.9 Å². The summed E-state index contributed by atoms with van der Waals surface area (Å²) in [5.41, 5.74) is 3.24. The standard InChI is InChI=1S/C16H17Br2NO2/c1-10-6-12(17)8-15(21-3)16(10)19-9-11-7-13(20-2)4-5-14(11)18/h4-8,19H,9H2,1-3H3. The fourth-order valence-corrected chi connectivity index (χ4v) is 3.04. The van der Waals surface area contributed by atoms with E-state index in [1.54, 1.807) is 14.2 Å². The van der Waals surface area contributed by atoms with Crippen molar-refractivity contribution in [2.75, 3.05) is 19.5 Å². The van der Waals surface area contributed by atoms with Gasteiger partial charge in [-0.15, -0.1) is 0 Å². The van der Waals surface area contributed by atoms with Gasteiger partial charge in [0.2, 0.25) is 0 Å². The van der Waals surface area contributed by atoms with Crippen LogP contribution in [0, 0.1) is 6.92 Å². The summed E-state index contributed by atoms with van der Waals surface area (Å²) in [6, 6.07) is 9.94. The molecule has 0 radical (unpaired) electrons. The fourth-order valence-electron chi connectivity index (χ4n) is 2.10. The fraction of sp³-hybridized carbons (Fsp3) is 0.250. The molecule has 0 saturated heterocycles. The van der Waals surface area contributed by atoms with E-state index in [9.17, 15) is 0 Å². The van der Waals surface area contributed by atoms with Gasteiger partial charge in [0.15, 0.2) is 0 Å². The molecule has 0 amide bonds. The Bertz CT molecular complexity index is 644. The number of hydrogen-bond acceptors (Lipinski definition) is 3. The van der Waals surface area contributed by atoms with Crippen LogP contribution in [0.5, 0.6) is 11.5 Å². The maximum absolute atomic E-state index is 5.44. The van der Waals surface area contributed by atoms with Crippen LogP contribution in [0.3, 0.4) is 0 Å². The molecular formula is C16H17Br2NO2. The molecule has 0 unspecified atom stereocenters. The van der Waals surface area contributed by atoms with Crippen molar-refractivity contribution in [2.45, 2.75) is 13.5 Å². The van der Waals surface area contributed by atoms with Crippen molar-refractivity contribution < 1.29 is 9.47 Å². The molecule has 0 aliphatic heterocycles. The summed E-state index contributed by atoms with van der Waals surface area (Å²) in [6.45, 7) is 2.73. The summed E-state index contributed by atoms with van der Waals surface area (Å²) in [5.74, 6) is 1.66. The monoisotopic (exact) mass is 413 g/mol. The molecule has 0 aromatic heterocycles. The van der Waals surface area contributed by atoms with Gasteiger partial charge in [-0.1, -0.05) is 31.9 Å². The zero-order chi connectivity index (χ0) is 15.4. The van der Waals surface area contributed by atoms with E-state index in [4.69, 9.17) is 9.47 Å².